The summed E-state index contributed by atoms with van der Waals surface area (Å²) in [5.41, 5.74) is 1.91. The summed E-state index contributed by atoms with van der Waals surface area (Å²) in [5.74, 6) is 0.207. The van der Waals surface area contributed by atoms with E-state index in [1.165, 1.54) is 0 Å². The molecule has 0 bridgehead atoms. The third-order valence-electron chi connectivity index (χ3n) is 5.51. The van der Waals surface area contributed by atoms with Crippen LogP contribution in [0.1, 0.15) is 43.1 Å². The summed E-state index contributed by atoms with van der Waals surface area (Å²) in [6.07, 6.45) is 0.914. The zero-order chi connectivity index (χ0) is 21.7. The molecule has 0 amide bonds. The van der Waals surface area contributed by atoms with Gasteiger partial charge in [-0.15, -0.1) is 0 Å². The maximum Gasteiger partial charge on any atom is 0.337 e. The Morgan fingerprint density at radius 3 is 2.43 bits per heavy atom. The Balaban J connectivity index is 1.45. The van der Waals surface area contributed by atoms with E-state index in [0.717, 1.165) is 56.1 Å². The normalized spacial score (nSPS) is 15.2. The predicted molar refractivity (Wildman–Crippen MR) is 119 cm³/mol. The molecule has 2 N–H and O–H groups in total. The summed E-state index contributed by atoms with van der Waals surface area (Å²) >= 11 is 0. The lowest BCUT2D eigenvalue weighted by atomic mass is 9.86. The van der Waals surface area contributed by atoms with Gasteiger partial charge in [0.15, 0.2) is 0 Å². The molecule has 1 fully saturated rings. The third-order valence-corrected chi connectivity index (χ3v) is 5.51. The quantitative estimate of drug-likeness (QED) is 0.670. The topological polar surface area (TPSA) is 73.2 Å². The average molecular weight is 413 g/mol. The van der Waals surface area contributed by atoms with E-state index in [2.05, 4.69) is 30.6 Å². The number of ether oxygens (including phenoxy) is 1. The molecule has 3 rings (SSSR count). The Morgan fingerprint density at radius 2 is 1.77 bits per heavy atom. The Hall–Kier alpha value is -2.73. The average Bonchev–Trinajstić information content (AvgIpc) is 2.72. The van der Waals surface area contributed by atoms with Gasteiger partial charge in [-0.2, -0.15) is 0 Å². The Morgan fingerprint density at radius 1 is 1.07 bits per heavy atom. The van der Waals surface area contributed by atoms with Crippen LogP contribution in [0.4, 0.5) is 5.69 Å². The van der Waals surface area contributed by atoms with Crippen molar-refractivity contribution in [3.05, 3.63) is 53.6 Å². The Kier molecular flexibility index (Phi) is 6.87. The molecule has 0 unspecified atom stereocenters. The predicted octanol–water partition coefficient (Wildman–Crippen LogP) is 3.98. The van der Waals surface area contributed by atoms with E-state index in [0.29, 0.717) is 17.9 Å². The van der Waals surface area contributed by atoms with E-state index in [-0.39, 0.29) is 5.41 Å². The minimum absolute atomic E-state index is 0.137. The smallest absolute Gasteiger partial charge is 0.337 e. The second-order valence-electron chi connectivity index (χ2n) is 8.78. The lowest BCUT2D eigenvalue weighted by molar-refractivity contribution is 0.0697. The van der Waals surface area contributed by atoms with Crippen LogP contribution in [0.15, 0.2) is 42.5 Å². The number of carbonyl (C=O) groups is 1. The number of para-hydroxylation sites is 1. The Labute approximate surface area is 178 Å². The number of phenols is 1. The van der Waals surface area contributed by atoms with Crippen LogP contribution < -0.4 is 9.64 Å². The molecule has 0 aliphatic carbocycles. The van der Waals surface area contributed by atoms with Crippen LogP contribution in [0.25, 0.3) is 0 Å². The molecule has 0 aromatic heterocycles. The minimum Gasteiger partial charge on any atom is -0.508 e. The molecule has 162 valence electrons. The number of carboxylic acid groups (broad SMARTS) is 1. The number of nitrogens with zero attached hydrogens (tertiary/aromatic N) is 2. The number of carboxylic acids is 1. The number of aromatic carboxylic acids is 1. The third kappa shape index (κ3) is 5.45. The summed E-state index contributed by atoms with van der Waals surface area (Å²) < 4.78 is 5.91. The standard InChI is InChI=1S/C24H32N2O4/c1-24(2,3)20-17-18(9-10-22(20)27)30-16-6-11-25-12-14-26(15-13-25)21-8-5-4-7-19(21)23(28)29/h4-5,7-10,17,27H,6,11-16H2,1-3H3,(H,28,29). The zero-order valence-electron chi connectivity index (χ0n) is 18.1. The molecule has 1 saturated heterocycles. The summed E-state index contributed by atoms with van der Waals surface area (Å²) in [4.78, 5) is 16.0. The number of phenolic OH excluding ortho intramolecular Hbond substituents is 1. The Bertz CT molecular complexity index is 868. The molecule has 1 heterocycles. The van der Waals surface area contributed by atoms with E-state index in [4.69, 9.17) is 4.74 Å². The van der Waals surface area contributed by atoms with Gasteiger partial charge in [0, 0.05) is 38.3 Å². The monoisotopic (exact) mass is 412 g/mol. The highest BCUT2D eigenvalue weighted by atomic mass is 16.5. The summed E-state index contributed by atoms with van der Waals surface area (Å²) in [5, 5.41) is 19.5. The molecule has 0 radical (unpaired) electrons. The van der Waals surface area contributed by atoms with Crippen molar-refractivity contribution in [1.29, 1.82) is 0 Å². The van der Waals surface area contributed by atoms with Crippen molar-refractivity contribution in [1.82, 2.24) is 4.90 Å². The molecule has 2 aromatic rings. The lowest BCUT2D eigenvalue weighted by Crippen LogP contribution is -2.47. The fraction of sp³-hybridized carbons (Fsp3) is 0.458. The molecule has 0 spiro atoms. The second-order valence-corrected chi connectivity index (χ2v) is 8.78. The molecule has 1 aliphatic heterocycles. The molecular formula is C24H32N2O4. The van der Waals surface area contributed by atoms with Crippen LogP contribution in [0.3, 0.4) is 0 Å². The highest BCUT2D eigenvalue weighted by Crippen LogP contribution is 2.33. The van der Waals surface area contributed by atoms with E-state index < -0.39 is 5.97 Å². The number of hydrogen-bond acceptors (Lipinski definition) is 5. The number of anilines is 1. The number of rotatable bonds is 7. The molecule has 6 nitrogen and oxygen atoms in total. The zero-order valence-corrected chi connectivity index (χ0v) is 18.1. The first-order valence-electron chi connectivity index (χ1n) is 10.5. The fourth-order valence-electron chi connectivity index (χ4n) is 3.83. The molecule has 1 aliphatic rings. The van der Waals surface area contributed by atoms with Crippen molar-refractivity contribution < 1.29 is 19.7 Å². The molecular weight excluding hydrogens is 380 g/mol. The number of benzene rings is 2. The summed E-state index contributed by atoms with van der Waals surface area (Å²) in [7, 11) is 0. The van der Waals surface area contributed by atoms with Crippen LogP contribution in [0.5, 0.6) is 11.5 Å². The molecule has 30 heavy (non-hydrogen) atoms. The first-order valence-corrected chi connectivity index (χ1v) is 10.5. The highest BCUT2D eigenvalue weighted by molar-refractivity contribution is 5.94. The van der Waals surface area contributed by atoms with Crippen molar-refractivity contribution in [2.75, 3.05) is 44.2 Å². The van der Waals surface area contributed by atoms with Gasteiger partial charge in [-0.25, -0.2) is 4.79 Å². The fourth-order valence-corrected chi connectivity index (χ4v) is 3.83. The van der Waals surface area contributed by atoms with Gasteiger partial charge in [-0.05, 0) is 42.2 Å². The maximum absolute atomic E-state index is 11.4. The number of hydrogen-bond donors (Lipinski definition) is 2. The number of aromatic hydroxyl groups is 1. The van der Waals surface area contributed by atoms with Crippen LogP contribution >= 0.6 is 0 Å². The van der Waals surface area contributed by atoms with Gasteiger partial charge in [-0.3, -0.25) is 4.90 Å². The van der Waals surface area contributed by atoms with Crippen molar-refractivity contribution in [3.63, 3.8) is 0 Å². The second kappa shape index (κ2) is 9.39. The van der Waals surface area contributed by atoms with E-state index in [1.54, 1.807) is 18.2 Å². The lowest BCUT2D eigenvalue weighted by Gasteiger charge is -2.36. The minimum atomic E-state index is -0.881. The van der Waals surface area contributed by atoms with E-state index in [1.807, 2.05) is 24.3 Å². The van der Waals surface area contributed by atoms with Crippen LogP contribution in [0, 0.1) is 0 Å². The molecule has 2 aromatic carbocycles. The first kappa shape index (κ1) is 22.0. The van der Waals surface area contributed by atoms with Crippen molar-refractivity contribution >= 4 is 11.7 Å². The largest absolute Gasteiger partial charge is 0.508 e. The van der Waals surface area contributed by atoms with Crippen molar-refractivity contribution in [2.24, 2.45) is 0 Å². The maximum atomic E-state index is 11.4. The van der Waals surface area contributed by atoms with Crippen LogP contribution in [0.2, 0.25) is 0 Å². The molecule has 0 saturated carbocycles. The van der Waals surface area contributed by atoms with Gasteiger partial charge in [-0.1, -0.05) is 32.9 Å². The van der Waals surface area contributed by atoms with Crippen LogP contribution in [-0.2, 0) is 5.41 Å². The van der Waals surface area contributed by atoms with Crippen molar-refractivity contribution in [3.8, 4) is 11.5 Å². The first-order chi connectivity index (χ1) is 14.3. The van der Waals surface area contributed by atoms with Gasteiger partial charge in [0.2, 0.25) is 0 Å². The number of piperazine rings is 1. The summed E-state index contributed by atoms with van der Waals surface area (Å²) in [6, 6.07) is 12.6. The highest BCUT2D eigenvalue weighted by Gasteiger charge is 2.21. The van der Waals surface area contributed by atoms with Crippen molar-refractivity contribution in [2.45, 2.75) is 32.6 Å². The van der Waals surface area contributed by atoms with Gasteiger partial charge in [0.05, 0.1) is 17.9 Å². The van der Waals surface area contributed by atoms with Gasteiger partial charge in [0.1, 0.15) is 11.5 Å². The molecule has 6 heteroatoms. The van der Waals surface area contributed by atoms with Gasteiger partial charge >= 0.3 is 5.97 Å². The van der Waals surface area contributed by atoms with Crippen LogP contribution in [-0.4, -0.2) is 60.4 Å². The van der Waals surface area contributed by atoms with E-state index in [9.17, 15) is 15.0 Å². The van der Waals surface area contributed by atoms with Gasteiger partial charge < -0.3 is 19.8 Å². The molecule has 0 atom stereocenters. The SMILES string of the molecule is CC(C)(C)c1cc(OCCCN2CCN(c3ccccc3C(=O)O)CC2)ccc1O. The van der Waals surface area contributed by atoms with E-state index >= 15 is 0 Å². The van der Waals surface area contributed by atoms with Gasteiger partial charge in [0.25, 0.3) is 0 Å². The summed E-state index contributed by atoms with van der Waals surface area (Å²) in [6.45, 7) is 11.2.